The van der Waals surface area contributed by atoms with Crippen LogP contribution in [0.3, 0.4) is 0 Å². The molecule has 4 rings (SSSR count). The first-order valence-corrected chi connectivity index (χ1v) is 12.2. The smallest absolute Gasteiger partial charge is 0.337 e. The van der Waals surface area contributed by atoms with Crippen LogP contribution in [0.5, 0.6) is 0 Å². The number of hydrogen-bond acceptors (Lipinski definition) is 10. The first-order valence-electron chi connectivity index (χ1n) is 11.3. The Morgan fingerprint density at radius 1 is 1.40 bits per heavy atom. The van der Waals surface area contributed by atoms with Gasteiger partial charge in [-0.05, 0) is 27.2 Å². The van der Waals surface area contributed by atoms with Gasteiger partial charge in [0.15, 0.2) is 10.8 Å². The normalized spacial score (nSPS) is 23.8. The SMILES string of the molecule is CCOC(=O)C1=C(CN2CC(F)(F)C3C2C=NN3CCC(C)(C)C(=O)O)NC(c2nccs2)=NC1. The second-order valence-electron chi connectivity index (χ2n) is 9.27. The molecule has 2 N–H and O–H groups in total. The van der Waals surface area contributed by atoms with Crippen LogP contribution in [0.1, 0.15) is 32.2 Å². The van der Waals surface area contributed by atoms with Crippen molar-refractivity contribution in [1.82, 2.24) is 20.2 Å². The number of aliphatic carboxylic acids is 1. The van der Waals surface area contributed by atoms with E-state index in [4.69, 9.17) is 4.74 Å². The molecular formula is C22H28F2N6O4S. The van der Waals surface area contributed by atoms with Crippen molar-refractivity contribution >= 4 is 35.3 Å². The van der Waals surface area contributed by atoms with Crippen LogP contribution in [0.4, 0.5) is 8.78 Å². The van der Waals surface area contributed by atoms with Gasteiger partial charge in [-0.1, -0.05) is 0 Å². The number of aromatic nitrogens is 1. The third-order valence-electron chi connectivity index (χ3n) is 6.37. The summed E-state index contributed by atoms with van der Waals surface area (Å²) in [6.07, 6.45) is 3.28. The molecule has 1 fully saturated rings. The molecule has 3 aliphatic heterocycles. The van der Waals surface area contributed by atoms with Crippen LogP contribution in [0, 0.1) is 5.41 Å². The van der Waals surface area contributed by atoms with E-state index >= 15 is 8.78 Å². The lowest BCUT2D eigenvalue weighted by Crippen LogP contribution is -2.47. The molecule has 2 unspecified atom stereocenters. The predicted octanol–water partition coefficient (Wildman–Crippen LogP) is 1.80. The van der Waals surface area contributed by atoms with Crippen molar-refractivity contribution in [3.63, 3.8) is 0 Å². The number of ether oxygens (including phenoxy) is 1. The topological polar surface area (TPSA) is 120 Å². The summed E-state index contributed by atoms with van der Waals surface area (Å²) >= 11 is 1.37. The van der Waals surface area contributed by atoms with Crippen molar-refractivity contribution in [2.45, 2.75) is 45.2 Å². The van der Waals surface area contributed by atoms with Crippen molar-refractivity contribution in [3.8, 4) is 0 Å². The first kappa shape index (κ1) is 25.2. The summed E-state index contributed by atoms with van der Waals surface area (Å²) in [7, 11) is 0. The van der Waals surface area contributed by atoms with E-state index in [0.29, 0.717) is 16.5 Å². The summed E-state index contributed by atoms with van der Waals surface area (Å²) in [4.78, 5) is 34.2. The van der Waals surface area contributed by atoms with Crippen molar-refractivity contribution < 1.29 is 28.2 Å². The summed E-state index contributed by atoms with van der Waals surface area (Å²) in [5, 5.41) is 20.4. The zero-order chi connectivity index (χ0) is 25.4. The van der Waals surface area contributed by atoms with Gasteiger partial charge in [0.05, 0.1) is 36.7 Å². The number of carboxylic acids is 1. The van der Waals surface area contributed by atoms with Gasteiger partial charge < -0.3 is 15.2 Å². The maximum absolute atomic E-state index is 15.2. The lowest BCUT2D eigenvalue weighted by molar-refractivity contribution is -0.147. The number of nitrogens with zero attached hydrogens (tertiary/aromatic N) is 5. The Balaban J connectivity index is 1.53. The summed E-state index contributed by atoms with van der Waals surface area (Å²) in [5.41, 5.74) is -0.328. The predicted molar refractivity (Wildman–Crippen MR) is 126 cm³/mol. The molecule has 2 atom stereocenters. The van der Waals surface area contributed by atoms with Gasteiger partial charge in [0.2, 0.25) is 0 Å². The number of aliphatic imine (C=N–C) groups is 1. The standard InChI is InChI=1S/C22H28F2N6O4S/c1-4-34-19(31)13-9-26-17(18-25-6-8-35-18)28-14(13)11-29-12-22(23,24)16-15(29)10-27-30(16)7-5-21(2,3)20(32)33/h6,8,10,15-16H,4-5,7,9,11-12H2,1-3H3,(H,26,28)(H,32,33). The van der Waals surface area contributed by atoms with Gasteiger partial charge in [-0.2, -0.15) is 5.10 Å². The fraction of sp³-hybridized carbons (Fsp3) is 0.591. The summed E-state index contributed by atoms with van der Waals surface area (Å²) in [6.45, 7) is 4.65. The average Bonchev–Trinajstić information content (AvgIpc) is 3.52. The van der Waals surface area contributed by atoms with E-state index in [1.54, 1.807) is 37.2 Å². The van der Waals surface area contributed by atoms with Crippen LogP contribution in [-0.4, -0.2) is 94.8 Å². The van der Waals surface area contributed by atoms with E-state index in [-0.39, 0.29) is 38.2 Å². The number of fused-ring (bicyclic) bond motifs is 1. The molecule has 3 aliphatic rings. The number of esters is 1. The molecule has 13 heteroatoms. The minimum Gasteiger partial charge on any atom is -0.481 e. The maximum Gasteiger partial charge on any atom is 0.337 e. The van der Waals surface area contributed by atoms with Gasteiger partial charge in [0.25, 0.3) is 5.92 Å². The number of halogens is 2. The molecule has 4 heterocycles. The second kappa shape index (κ2) is 9.61. The average molecular weight is 511 g/mol. The lowest BCUT2D eigenvalue weighted by atomic mass is 9.89. The Hall–Kier alpha value is -2.93. The highest BCUT2D eigenvalue weighted by atomic mass is 32.1. The third kappa shape index (κ3) is 5.06. The molecule has 0 spiro atoms. The molecule has 0 amide bonds. The fourth-order valence-corrected chi connectivity index (χ4v) is 4.89. The molecule has 190 valence electrons. The maximum atomic E-state index is 15.2. The number of carbonyl (C=O) groups excluding carboxylic acids is 1. The van der Waals surface area contributed by atoms with Crippen LogP contribution in [0.15, 0.2) is 32.9 Å². The Morgan fingerprint density at radius 3 is 2.83 bits per heavy atom. The number of hydrogen-bond donors (Lipinski definition) is 2. The second-order valence-corrected chi connectivity index (χ2v) is 10.2. The number of thiazole rings is 1. The number of alkyl halides is 2. The molecule has 10 nitrogen and oxygen atoms in total. The van der Waals surface area contributed by atoms with Crippen LogP contribution < -0.4 is 5.32 Å². The van der Waals surface area contributed by atoms with E-state index in [1.807, 2.05) is 0 Å². The molecule has 0 bridgehead atoms. The summed E-state index contributed by atoms with van der Waals surface area (Å²) < 4.78 is 35.5. The largest absolute Gasteiger partial charge is 0.481 e. The van der Waals surface area contributed by atoms with Crippen molar-refractivity contribution in [1.29, 1.82) is 0 Å². The van der Waals surface area contributed by atoms with E-state index in [9.17, 15) is 14.7 Å². The fourth-order valence-electron chi connectivity index (χ4n) is 4.29. The number of hydrazone groups is 1. The number of carbonyl (C=O) groups is 2. The summed E-state index contributed by atoms with van der Waals surface area (Å²) in [5.74, 6) is -4.14. The molecule has 1 saturated heterocycles. The Kier molecular flexibility index (Phi) is 6.91. The number of likely N-dealkylation sites (tertiary alicyclic amines) is 1. The van der Waals surface area contributed by atoms with Gasteiger partial charge in [0, 0.05) is 36.6 Å². The number of rotatable bonds is 9. The molecule has 0 saturated carbocycles. The van der Waals surface area contributed by atoms with Crippen LogP contribution in [0.2, 0.25) is 0 Å². The van der Waals surface area contributed by atoms with Crippen LogP contribution in [0.25, 0.3) is 0 Å². The minimum absolute atomic E-state index is 0.0375. The van der Waals surface area contributed by atoms with E-state index < -0.39 is 41.9 Å². The molecule has 1 aromatic rings. The molecule has 0 radical (unpaired) electrons. The number of amidine groups is 1. The first-order chi connectivity index (χ1) is 16.5. The highest BCUT2D eigenvalue weighted by molar-refractivity contribution is 7.11. The number of carboxylic acid groups (broad SMARTS) is 1. The van der Waals surface area contributed by atoms with Gasteiger partial charge in [-0.15, -0.1) is 11.3 Å². The van der Waals surface area contributed by atoms with Gasteiger partial charge in [-0.3, -0.25) is 19.7 Å². The monoisotopic (exact) mass is 510 g/mol. The van der Waals surface area contributed by atoms with E-state index in [2.05, 4.69) is 20.4 Å². The van der Waals surface area contributed by atoms with Crippen molar-refractivity contribution in [3.05, 3.63) is 27.9 Å². The number of nitrogens with one attached hydrogen (secondary N) is 1. The van der Waals surface area contributed by atoms with E-state index in [0.717, 1.165) is 0 Å². The molecule has 0 aromatic carbocycles. The third-order valence-corrected chi connectivity index (χ3v) is 7.15. The highest BCUT2D eigenvalue weighted by Gasteiger charge is 2.59. The highest BCUT2D eigenvalue weighted by Crippen LogP contribution is 2.39. The Bertz CT molecular complexity index is 1070. The zero-order valence-electron chi connectivity index (χ0n) is 19.7. The molecule has 1 aromatic heterocycles. The quantitative estimate of drug-likeness (QED) is 0.483. The van der Waals surface area contributed by atoms with Gasteiger partial charge in [0.1, 0.15) is 6.04 Å². The van der Waals surface area contributed by atoms with Crippen molar-refractivity contribution in [2.24, 2.45) is 15.5 Å². The van der Waals surface area contributed by atoms with E-state index in [1.165, 1.54) is 22.6 Å². The lowest BCUT2D eigenvalue weighted by Gasteiger charge is -2.30. The van der Waals surface area contributed by atoms with Crippen LogP contribution in [-0.2, 0) is 14.3 Å². The van der Waals surface area contributed by atoms with Gasteiger partial charge in [-0.25, -0.2) is 18.6 Å². The summed E-state index contributed by atoms with van der Waals surface area (Å²) in [6, 6.07) is -1.91. The molecular weight excluding hydrogens is 482 g/mol. The van der Waals surface area contributed by atoms with Crippen molar-refractivity contribution in [2.75, 3.05) is 32.8 Å². The molecule has 35 heavy (non-hydrogen) atoms. The van der Waals surface area contributed by atoms with Gasteiger partial charge >= 0.3 is 11.9 Å². The Morgan fingerprint density at radius 2 is 2.17 bits per heavy atom. The minimum atomic E-state index is -3.08. The Labute approximate surface area is 205 Å². The molecule has 0 aliphatic carbocycles. The zero-order valence-corrected chi connectivity index (χ0v) is 20.5. The van der Waals surface area contributed by atoms with Crippen LogP contribution >= 0.6 is 11.3 Å².